The summed E-state index contributed by atoms with van der Waals surface area (Å²) in [4.78, 5) is 26.8. The first-order chi connectivity index (χ1) is 15.5. The number of rotatable bonds is 5. The summed E-state index contributed by atoms with van der Waals surface area (Å²) >= 11 is 0. The summed E-state index contributed by atoms with van der Waals surface area (Å²) in [5.74, 6) is 0.291. The number of ether oxygens (including phenoxy) is 1. The number of fused-ring (bicyclic) bond motifs is 1. The highest BCUT2D eigenvalue weighted by atomic mass is 16.5. The van der Waals surface area contributed by atoms with Gasteiger partial charge in [-0.1, -0.05) is 30.3 Å². The van der Waals surface area contributed by atoms with Gasteiger partial charge in [-0.2, -0.15) is 5.26 Å². The molecule has 3 aromatic rings. The van der Waals surface area contributed by atoms with Crippen molar-refractivity contribution < 1.29 is 14.3 Å². The summed E-state index contributed by atoms with van der Waals surface area (Å²) in [7, 11) is 0. The van der Waals surface area contributed by atoms with E-state index in [9.17, 15) is 9.59 Å². The highest BCUT2D eigenvalue weighted by Crippen LogP contribution is 2.33. The lowest BCUT2D eigenvalue weighted by Crippen LogP contribution is -2.44. The molecule has 0 unspecified atom stereocenters. The van der Waals surface area contributed by atoms with Crippen molar-refractivity contribution in [2.75, 3.05) is 10.2 Å². The van der Waals surface area contributed by atoms with E-state index in [1.54, 1.807) is 29.2 Å². The normalized spacial score (nSPS) is 14.4. The molecule has 1 heterocycles. The fraction of sp³-hybridized carbons (Fsp3) is 0.192. The van der Waals surface area contributed by atoms with E-state index in [-0.39, 0.29) is 11.8 Å². The summed E-state index contributed by atoms with van der Waals surface area (Å²) in [5, 5.41) is 12.0. The molecule has 0 saturated heterocycles. The number of hydrogen-bond acceptors (Lipinski definition) is 4. The number of amides is 2. The summed E-state index contributed by atoms with van der Waals surface area (Å²) in [6, 6.07) is 21.9. The van der Waals surface area contributed by atoms with E-state index in [0.29, 0.717) is 30.0 Å². The average Bonchev–Trinajstić information content (AvgIpc) is 3.19. The maximum Gasteiger partial charge on any atom is 0.247 e. The maximum atomic E-state index is 13.0. The Balaban J connectivity index is 1.44. The van der Waals surface area contributed by atoms with Crippen LogP contribution < -0.4 is 15.0 Å². The molecule has 1 N–H and O–H groups in total. The van der Waals surface area contributed by atoms with Gasteiger partial charge >= 0.3 is 0 Å². The van der Waals surface area contributed by atoms with Crippen LogP contribution in [0.5, 0.6) is 5.75 Å². The van der Waals surface area contributed by atoms with Crippen molar-refractivity contribution in [1.29, 1.82) is 5.26 Å². The molecule has 4 rings (SSSR count). The fourth-order valence-electron chi connectivity index (χ4n) is 3.96. The van der Waals surface area contributed by atoms with Crippen molar-refractivity contribution in [2.45, 2.75) is 32.9 Å². The van der Waals surface area contributed by atoms with Crippen molar-refractivity contribution in [2.24, 2.45) is 0 Å². The van der Waals surface area contributed by atoms with Gasteiger partial charge in [-0.3, -0.25) is 14.5 Å². The van der Waals surface area contributed by atoms with Crippen LogP contribution in [0.1, 0.15) is 29.2 Å². The van der Waals surface area contributed by atoms with E-state index in [4.69, 9.17) is 10.00 Å². The van der Waals surface area contributed by atoms with Crippen molar-refractivity contribution in [3.63, 3.8) is 0 Å². The Morgan fingerprint density at radius 3 is 2.69 bits per heavy atom. The molecule has 6 nitrogen and oxygen atoms in total. The summed E-state index contributed by atoms with van der Waals surface area (Å²) in [6.45, 7) is 3.71. The Morgan fingerprint density at radius 2 is 1.94 bits per heavy atom. The predicted molar refractivity (Wildman–Crippen MR) is 122 cm³/mol. The topological polar surface area (TPSA) is 82.4 Å². The number of nitrogens with zero attached hydrogens (tertiary/aromatic N) is 2. The number of carbonyl (C=O) groups excluding carboxylic acids is 2. The first kappa shape index (κ1) is 21.1. The minimum Gasteiger partial charge on any atom is -0.489 e. The standard InChI is InChI=1S/C26H23N3O3/c1-17-12-22(32-16-20-7-5-6-19(13-20)15-27)10-11-23(17)28-26(31)25-14-21-8-3-4-9-24(21)29(25)18(2)30/h3-13,25H,14,16H2,1-2H3,(H,28,31)/t25-/m0/s1. The highest BCUT2D eigenvalue weighted by molar-refractivity contribution is 6.06. The van der Waals surface area contributed by atoms with Gasteiger partial charge in [0.15, 0.2) is 0 Å². The molecule has 3 aromatic carbocycles. The molecule has 1 aliphatic heterocycles. The Kier molecular flexibility index (Phi) is 5.91. The van der Waals surface area contributed by atoms with Gasteiger partial charge in [0.1, 0.15) is 18.4 Å². The molecule has 0 aliphatic carbocycles. The van der Waals surface area contributed by atoms with Crippen LogP contribution in [-0.4, -0.2) is 17.9 Å². The molecular weight excluding hydrogens is 402 g/mol. The minimum absolute atomic E-state index is 0.156. The van der Waals surface area contributed by atoms with Crippen LogP contribution in [0.15, 0.2) is 66.7 Å². The first-order valence-corrected chi connectivity index (χ1v) is 10.4. The molecule has 32 heavy (non-hydrogen) atoms. The second-order valence-electron chi connectivity index (χ2n) is 7.80. The van der Waals surface area contributed by atoms with Crippen LogP contribution in [0.25, 0.3) is 0 Å². The maximum absolute atomic E-state index is 13.0. The zero-order valence-electron chi connectivity index (χ0n) is 18.0. The van der Waals surface area contributed by atoms with E-state index in [2.05, 4.69) is 11.4 Å². The number of nitrogens with one attached hydrogen (secondary N) is 1. The smallest absolute Gasteiger partial charge is 0.247 e. The molecule has 1 atom stereocenters. The van der Waals surface area contributed by atoms with Crippen molar-refractivity contribution in [1.82, 2.24) is 0 Å². The van der Waals surface area contributed by atoms with Crippen LogP contribution in [-0.2, 0) is 22.6 Å². The molecule has 160 valence electrons. The number of nitriles is 1. The molecule has 0 radical (unpaired) electrons. The third-order valence-electron chi connectivity index (χ3n) is 5.54. The Labute approximate surface area is 187 Å². The Hall–Kier alpha value is -4.11. The molecule has 0 spiro atoms. The zero-order valence-corrected chi connectivity index (χ0v) is 18.0. The van der Waals surface area contributed by atoms with Gasteiger partial charge in [0.05, 0.1) is 11.6 Å². The Morgan fingerprint density at radius 1 is 1.12 bits per heavy atom. The lowest BCUT2D eigenvalue weighted by molar-refractivity contribution is -0.122. The van der Waals surface area contributed by atoms with Gasteiger partial charge < -0.3 is 10.1 Å². The first-order valence-electron chi connectivity index (χ1n) is 10.4. The number of anilines is 2. The predicted octanol–water partition coefficient (Wildman–Crippen LogP) is 4.36. The van der Waals surface area contributed by atoms with Crippen LogP contribution in [0.4, 0.5) is 11.4 Å². The van der Waals surface area contributed by atoms with E-state index < -0.39 is 6.04 Å². The van der Waals surface area contributed by atoms with Gasteiger partial charge in [0.25, 0.3) is 0 Å². The van der Waals surface area contributed by atoms with Crippen molar-refractivity contribution >= 4 is 23.2 Å². The van der Waals surface area contributed by atoms with Crippen LogP contribution in [0, 0.1) is 18.3 Å². The van der Waals surface area contributed by atoms with Gasteiger partial charge in [0, 0.05) is 24.7 Å². The second-order valence-corrected chi connectivity index (χ2v) is 7.80. The van der Waals surface area contributed by atoms with E-state index in [1.807, 2.05) is 49.4 Å². The van der Waals surface area contributed by atoms with E-state index >= 15 is 0 Å². The third-order valence-corrected chi connectivity index (χ3v) is 5.54. The van der Waals surface area contributed by atoms with Gasteiger partial charge in [0.2, 0.25) is 11.8 Å². The molecule has 1 aliphatic rings. The molecule has 2 amide bonds. The molecule has 0 saturated carbocycles. The monoisotopic (exact) mass is 425 g/mol. The van der Waals surface area contributed by atoms with Crippen LogP contribution >= 0.6 is 0 Å². The molecule has 0 fully saturated rings. The lowest BCUT2D eigenvalue weighted by atomic mass is 10.1. The molecular formula is C26H23N3O3. The number of para-hydroxylation sites is 1. The SMILES string of the molecule is CC(=O)N1c2ccccc2C[C@H]1C(=O)Nc1ccc(OCc2cccc(C#N)c2)cc1C. The number of aryl methyl sites for hydroxylation is 1. The lowest BCUT2D eigenvalue weighted by Gasteiger charge is -2.24. The van der Waals surface area contributed by atoms with Gasteiger partial charge in [-0.15, -0.1) is 0 Å². The zero-order chi connectivity index (χ0) is 22.7. The fourth-order valence-corrected chi connectivity index (χ4v) is 3.96. The Bertz CT molecular complexity index is 1230. The summed E-state index contributed by atoms with van der Waals surface area (Å²) in [6.07, 6.45) is 0.490. The van der Waals surface area contributed by atoms with E-state index in [0.717, 1.165) is 22.4 Å². The van der Waals surface area contributed by atoms with Gasteiger partial charge in [-0.05, 0) is 60.0 Å². The molecule has 6 heteroatoms. The van der Waals surface area contributed by atoms with Crippen LogP contribution in [0.3, 0.4) is 0 Å². The number of benzene rings is 3. The quantitative estimate of drug-likeness (QED) is 0.658. The van der Waals surface area contributed by atoms with Crippen molar-refractivity contribution in [3.8, 4) is 11.8 Å². The molecule has 0 aromatic heterocycles. The summed E-state index contributed by atoms with van der Waals surface area (Å²) in [5.41, 5.74) is 4.81. The van der Waals surface area contributed by atoms with Crippen molar-refractivity contribution in [3.05, 3.63) is 89.0 Å². The summed E-state index contributed by atoms with van der Waals surface area (Å²) < 4.78 is 5.85. The highest BCUT2D eigenvalue weighted by Gasteiger charge is 2.36. The molecule has 0 bridgehead atoms. The van der Waals surface area contributed by atoms with Crippen LogP contribution in [0.2, 0.25) is 0 Å². The second kappa shape index (κ2) is 8.94. The largest absolute Gasteiger partial charge is 0.489 e. The van der Waals surface area contributed by atoms with Gasteiger partial charge in [-0.25, -0.2) is 0 Å². The average molecular weight is 425 g/mol. The minimum atomic E-state index is -0.576. The number of carbonyl (C=O) groups is 2. The van der Waals surface area contributed by atoms with E-state index in [1.165, 1.54) is 6.92 Å². The number of hydrogen-bond donors (Lipinski definition) is 1. The third kappa shape index (κ3) is 4.33.